The number of nitriles is 1. The van der Waals surface area contributed by atoms with Crippen LogP contribution in [0.5, 0.6) is 0 Å². The number of halogens is 4. The summed E-state index contributed by atoms with van der Waals surface area (Å²) in [5.74, 6) is -0.611. The second-order valence-corrected chi connectivity index (χ2v) is 15.4. The number of hydrogen-bond donors (Lipinski definition) is 2. The van der Waals surface area contributed by atoms with Crippen molar-refractivity contribution in [3.8, 4) is 28.3 Å². The maximum Gasteiger partial charge on any atom is 0.128 e. The standard InChI is InChI=1S/C28H24ClFN4.C24H17ClFN3.C2H6/c1-4-6-19(7-5-2)20-9-11-27-24(13-20)28(25(29)16-33-27)34-18(3)23-12-21(8-10-26(23)30)22-14-31-17-32-15-22;1-15(29-24-19-7-2-3-8-23(19)28-14-21(24)25)20-12-18(9-10-22(20)26)17-6-4-5-16(11-17)13-27;1-2/h4-18H,1H2,2-3H3,(H,33,34);2-12,14-15H,1H3,(H,28,29);1-2H3/b7-5-,19-6+;;. The average Bonchev–Trinajstić information content (AvgIpc) is 3.34. The summed E-state index contributed by atoms with van der Waals surface area (Å²) in [6, 6.07) is 32.3. The van der Waals surface area contributed by atoms with Gasteiger partial charge in [-0.05, 0) is 103 Å². The third-order valence-electron chi connectivity index (χ3n) is 10.4. The van der Waals surface area contributed by atoms with Gasteiger partial charge in [-0.3, -0.25) is 9.97 Å². The summed E-state index contributed by atoms with van der Waals surface area (Å²) in [5, 5.41) is 18.6. The van der Waals surface area contributed by atoms with Gasteiger partial charge < -0.3 is 10.6 Å². The Balaban J connectivity index is 0.000000210. The maximum absolute atomic E-state index is 14.9. The highest BCUT2D eigenvalue weighted by Crippen LogP contribution is 2.37. The van der Waals surface area contributed by atoms with E-state index in [2.05, 4.69) is 43.2 Å². The number of fused-ring (bicyclic) bond motifs is 2. The summed E-state index contributed by atoms with van der Waals surface area (Å²) in [6.45, 7) is 13.6. The minimum absolute atomic E-state index is 0.306. The molecule has 3 heterocycles. The highest BCUT2D eigenvalue weighted by atomic mass is 35.5. The lowest BCUT2D eigenvalue weighted by molar-refractivity contribution is 0.600. The number of aromatic nitrogens is 4. The molecule has 2 atom stereocenters. The molecule has 2 unspecified atom stereocenters. The number of benzene rings is 5. The average molecular weight is 903 g/mol. The van der Waals surface area contributed by atoms with Gasteiger partial charge in [0.2, 0.25) is 0 Å². The zero-order valence-corrected chi connectivity index (χ0v) is 38.1. The number of anilines is 2. The van der Waals surface area contributed by atoms with Crippen molar-refractivity contribution in [2.75, 3.05) is 10.6 Å². The van der Waals surface area contributed by atoms with Crippen molar-refractivity contribution in [3.63, 3.8) is 0 Å². The topological polar surface area (TPSA) is 99.4 Å². The first-order valence-electron chi connectivity index (χ1n) is 21.0. The number of nitrogens with zero attached hydrogens (tertiary/aromatic N) is 5. The lowest BCUT2D eigenvalue weighted by Crippen LogP contribution is -2.10. The largest absolute Gasteiger partial charge is 0.377 e. The fourth-order valence-corrected chi connectivity index (χ4v) is 7.64. The molecule has 0 bridgehead atoms. The molecule has 7 nitrogen and oxygen atoms in total. The lowest BCUT2D eigenvalue weighted by atomic mass is 9.98. The van der Waals surface area contributed by atoms with Crippen LogP contribution in [-0.2, 0) is 0 Å². The molecule has 0 saturated carbocycles. The highest BCUT2D eigenvalue weighted by molar-refractivity contribution is 6.35. The van der Waals surface area contributed by atoms with Gasteiger partial charge in [0.1, 0.15) is 18.0 Å². The molecule has 0 aliphatic rings. The van der Waals surface area contributed by atoms with Crippen LogP contribution in [0, 0.1) is 23.0 Å². The Morgan fingerprint density at radius 2 is 1.25 bits per heavy atom. The van der Waals surface area contributed by atoms with Crippen LogP contribution in [0.1, 0.15) is 69.0 Å². The highest BCUT2D eigenvalue weighted by Gasteiger charge is 2.18. The van der Waals surface area contributed by atoms with Crippen LogP contribution in [0.25, 0.3) is 49.6 Å². The van der Waals surface area contributed by atoms with E-state index in [1.165, 1.54) is 18.5 Å². The molecule has 3 aromatic heterocycles. The number of allylic oxidation sites excluding steroid dienone is 5. The summed E-state index contributed by atoms with van der Waals surface area (Å²) >= 11 is 13.0. The molecular formula is C54H47Cl2F2N7. The summed E-state index contributed by atoms with van der Waals surface area (Å²) in [6.07, 6.45) is 15.8. The van der Waals surface area contributed by atoms with Crippen LogP contribution >= 0.6 is 23.2 Å². The normalized spacial score (nSPS) is 12.0. The van der Waals surface area contributed by atoms with Crippen LogP contribution < -0.4 is 10.6 Å². The molecule has 0 fully saturated rings. The summed E-state index contributed by atoms with van der Waals surface area (Å²) in [7, 11) is 0. The lowest BCUT2D eigenvalue weighted by Gasteiger charge is -2.20. The van der Waals surface area contributed by atoms with Gasteiger partial charge in [-0.15, -0.1) is 0 Å². The van der Waals surface area contributed by atoms with Crippen molar-refractivity contribution in [2.24, 2.45) is 0 Å². The van der Waals surface area contributed by atoms with E-state index >= 15 is 0 Å². The van der Waals surface area contributed by atoms with E-state index in [-0.39, 0.29) is 23.7 Å². The van der Waals surface area contributed by atoms with Gasteiger partial charge in [0.15, 0.2) is 0 Å². The van der Waals surface area contributed by atoms with Crippen molar-refractivity contribution in [2.45, 2.75) is 46.7 Å². The molecule has 326 valence electrons. The minimum Gasteiger partial charge on any atom is -0.377 e. The molecule has 0 radical (unpaired) electrons. The molecule has 0 spiro atoms. The fraction of sp³-hybridized carbons (Fsp3) is 0.130. The van der Waals surface area contributed by atoms with Gasteiger partial charge >= 0.3 is 0 Å². The monoisotopic (exact) mass is 901 g/mol. The predicted molar refractivity (Wildman–Crippen MR) is 266 cm³/mol. The second kappa shape index (κ2) is 22.4. The van der Waals surface area contributed by atoms with E-state index in [9.17, 15) is 8.78 Å². The van der Waals surface area contributed by atoms with E-state index in [0.717, 1.165) is 60.9 Å². The molecule has 0 saturated heterocycles. The number of rotatable bonds is 11. The molecule has 5 aromatic carbocycles. The molecule has 0 amide bonds. The van der Waals surface area contributed by atoms with Gasteiger partial charge in [0.05, 0.1) is 56.2 Å². The summed E-state index contributed by atoms with van der Waals surface area (Å²) in [5.41, 5.74) is 10.0. The van der Waals surface area contributed by atoms with E-state index < -0.39 is 0 Å². The van der Waals surface area contributed by atoms with Crippen LogP contribution in [0.2, 0.25) is 10.0 Å². The second-order valence-electron chi connectivity index (χ2n) is 14.6. The molecule has 0 aliphatic heterocycles. The van der Waals surface area contributed by atoms with Crippen molar-refractivity contribution in [1.29, 1.82) is 5.26 Å². The summed E-state index contributed by atoms with van der Waals surface area (Å²) < 4.78 is 29.5. The van der Waals surface area contributed by atoms with Crippen LogP contribution in [0.4, 0.5) is 20.2 Å². The summed E-state index contributed by atoms with van der Waals surface area (Å²) in [4.78, 5) is 16.9. The number of hydrogen-bond acceptors (Lipinski definition) is 7. The van der Waals surface area contributed by atoms with Gasteiger partial charge in [-0.1, -0.05) is 116 Å². The first-order chi connectivity index (χ1) is 31.6. The molecular weight excluding hydrogens is 856 g/mol. The molecule has 0 aliphatic carbocycles. The van der Waals surface area contributed by atoms with Gasteiger partial charge in [0.25, 0.3) is 0 Å². The van der Waals surface area contributed by atoms with E-state index in [4.69, 9.17) is 28.5 Å². The third kappa shape index (κ3) is 11.3. The Morgan fingerprint density at radius 3 is 1.85 bits per heavy atom. The smallest absolute Gasteiger partial charge is 0.128 e. The van der Waals surface area contributed by atoms with Crippen LogP contribution in [0.3, 0.4) is 0 Å². The van der Waals surface area contributed by atoms with Gasteiger partial charge in [0, 0.05) is 52.3 Å². The molecule has 2 N–H and O–H groups in total. The van der Waals surface area contributed by atoms with E-state index in [1.807, 2.05) is 114 Å². The number of nitrogens with one attached hydrogen (secondary N) is 2. The van der Waals surface area contributed by atoms with Crippen molar-refractivity contribution in [1.82, 2.24) is 19.9 Å². The fourth-order valence-electron chi connectivity index (χ4n) is 7.23. The molecule has 8 rings (SSSR count). The Hall–Kier alpha value is -7.25. The Kier molecular flexibility index (Phi) is 16.3. The van der Waals surface area contributed by atoms with Crippen LogP contribution in [0.15, 0.2) is 165 Å². The Morgan fingerprint density at radius 1 is 0.677 bits per heavy atom. The Bertz CT molecular complexity index is 3060. The molecule has 8 aromatic rings. The Labute approximate surface area is 388 Å². The maximum atomic E-state index is 14.9. The zero-order chi connectivity index (χ0) is 46.5. The quantitative estimate of drug-likeness (QED) is 0.125. The first kappa shape index (κ1) is 47.2. The molecule has 11 heteroatoms. The minimum atomic E-state index is -0.366. The van der Waals surface area contributed by atoms with Gasteiger partial charge in [-0.2, -0.15) is 5.26 Å². The number of para-hydroxylation sites is 1. The van der Waals surface area contributed by atoms with Crippen molar-refractivity contribution >= 4 is 62.0 Å². The van der Waals surface area contributed by atoms with Gasteiger partial charge in [-0.25, -0.2) is 18.7 Å². The third-order valence-corrected chi connectivity index (χ3v) is 11.0. The SMILES string of the molecule is C=C/C=C(\C=C/C)c1ccc2ncc(Cl)c(NC(C)c3cc(-c4cncnc4)ccc3F)c2c1.CC.CC(Nc1c(Cl)cnc2ccccc12)c1cc(-c2cccc(C#N)c2)ccc1F. The molecule has 65 heavy (non-hydrogen) atoms. The predicted octanol–water partition coefficient (Wildman–Crippen LogP) is 15.6. The number of pyridine rings is 2. The van der Waals surface area contributed by atoms with Crippen molar-refractivity contribution in [3.05, 3.63) is 209 Å². The van der Waals surface area contributed by atoms with Crippen LogP contribution in [-0.4, -0.2) is 19.9 Å². The van der Waals surface area contributed by atoms with E-state index in [1.54, 1.807) is 61.2 Å². The first-order valence-corrected chi connectivity index (χ1v) is 21.8. The zero-order valence-electron chi connectivity index (χ0n) is 36.6. The van der Waals surface area contributed by atoms with E-state index in [0.29, 0.717) is 32.4 Å². The van der Waals surface area contributed by atoms with Crippen molar-refractivity contribution < 1.29 is 8.78 Å².